The molecule has 0 fully saturated rings. The molecule has 0 saturated heterocycles. The minimum absolute atomic E-state index is 0.195. The number of halogens is 5. The van der Waals surface area contributed by atoms with E-state index in [1.54, 1.807) is 56.4 Å². The zero-order valence-electron chi connectivity index (χ0n) is 83.0. The Kier molecular flexibility index (Phi) is 39.2. The summed E-state index contributed by atoms with van der Waals surface area (Å²) >= 11 is 39.9. The topological polar surface area (TPSA) is 173 Å². The van der Waals surface area contributed by atoms with Crippen molar-refractivity contribution in [2.24, 2.45) is 67.3 Å². The minimum Gasteiger partial charge on any atom is -0.496 e. The standard InChI is InChI=1S/C99H155Cl4FN12O9S4/c1-28-113(25,29-2)44-56-126-88-77(101)81(118-49-37-61(11)12)69-70(84(88)121-52-40-64(17)18)93-105-92-68-71(85(122-53-41-65(19)20)89(129-59-47-116(104,34-7)35-8)76(100)80(68)117-48-36-60(9)10)95(106-92)109-97-75-73(83(120-51-39-63(15)16)79(103)91(87(75)124-55-43-67(23)24)128-58-46-115(27,32-5)33-6)99-110-98-72-74(96(108-94(69)107-93)111(98)125-112(97)99)86(123-54-42-66(21)22)90(127-57-45-114(26,30-3)31-4)78(102)82(72)119-50-38-62(13)14/h60-67,76,89H,28-59H2,1-27H3/q+4/p+1. The van der Waals surface area contributed by atoms with Crippen LogP contribution in [0.2, 0.25) is 15.1 Å². The van der Waals surface area contributed by atoms with Gasteiger partial charge in [-0.05, 0) is 168 Å². The van der Waals surface area contributed by atoms with Crippen LogP contribution in [0.4, 0.5) is 16.1 Å². The summed E-state index contributed by atoms with van der Waals surface area (Å²) in [5.41, 5.74) is 1.85. The SMILES string of the molecule is CC[N+](C)(CC)CCSc1c(Cl)c(OCCC(C)C)c2c3nc4c5c(OCCC(C)C)c(Cl)c(SCC[N+](C)(CC)CC)c(OCCC(C)C)c5c5n4o[n+]-3c(c2c1OCCC(C)C)N=c1[nH]c(c2c(OCCC(C)C)c(SCC[N+](C)(CC)CC)c(Cl)c(OCCC(C)C)c12)=NC1=NC(=N5)C2=C(OCCC(C)C)C(SCC[N+](F)(CC)CC)C(Cl)C(OCCC(C)C)=C12. The maximum absolute atomic E-state index is 17.0. The Balaban J connectivity index is 1.60. The Hall–Kier alpha value is -4.97. The van der Waals surface area contributed by atoms with Crippen molar-refractivity contribution >= 4 is 155 Å². The number of amidine groups is 2. The number of rotatable bonds is 56. The summed E-state index contributed by atoms with van der Waals surface area (Å²) in [4.78, 5) is 36.4. The lowest BCUT2D eigenvalue weighted by atomic mass is 9.93. The number of aliphatic imine (C=N–C) groups is 2. The number of aromatic amines is 1. The normalized spacial score (nSPS) is 15.4. The second-order valence-corrected chi connectivity index (χ2v) is 45.6. The van der Waals surface area contributed by atoms with E-state index in [2.05, 4.69) is 178 Å². The Morgan fingerprint density at radius 3 is 1.15 bits per heavy atom. The summed E-state index contributed by atoms with van der Waals surface area (Å²) in [7, 11) is 6.91. The molecule has 1 N–H and O–H groups in total. The molecule has 2 aromatic heterocycles. The molecule has 6 heterocycles. The van der Waals surface area contributed by atoms with Gasteiger partial charge in [0.25, 0.3) is 17.3 Å². The molecule has 21 nitrogen and oxygen atoms in total. The number of alkyl halides is 1. The fourth-order valence-electron chi connectivity index (χ4n) is 15.4. The molecule has 0 saturated carbocycles. The van der Waals surface area contributed by atoms with Crippen LogP contribution in [0.15, 0.2) is 61.9 Å². The van der Waals surface area contributed by atoms with Crippen molar-refractivity contribution in [2.75, 3.05) is 176 Å². The van der Waals surface area contributed by atoms with Gasteiger partial charge in [-0.2, -0.15) is 9.62 Å². The second-order valence-electron chi connectivity index (χ2n) is 39.4. The van der Waals surface area contributed by atoms with Crippen LogP contribution in [0.5, 0.6) is 34.5 Å². The average Bonchev–Trinajstić information content (AvgIpc) is 1.53. The molecule has 2 unspecified atom stereocenters. The summed E-state index contributed by atoms with van der Waals surface area (Å²) in [6.45, 7) is 63.7. The number of H-pyrrole nitrogens is 1. The Morgan fingerprint density at radius 2 is 0.744 bits per heavy atom. The number of nitrogens with one attached hydrogen (secondary N) is 1. The van der Waals surface area contributed by atoms with Crippen LogP contribution in [0, 0.1) is 47.3 Å². The molecule has 3 aromatic carbocycles. The number of hydrogen-bond acceptors (Lipinski definition) is 18. The molecule has 0 radical (unpaired) electrons. The lowest BCUT2D eigenvalue weighted by molar-refractivity contribution is -1.05. The van der Waals surface area contributed by atoms with E-state index < -0.39 is 15.3 Å². The van der Waals surface area contributed by atoms with E-state index in [4.69, 9.17) is 114 Å². The van der Waals surface area contributed by atoms with E-state index in [9.17, 15) is 0 Å². The predicted octanol–water partition coefficient (Wildman–Crippen LogP) is 24.8. The van der Waals surface area contributed by atoms with Crippen LogP contribution in [0.25, 0.3) is 43.8 Å². The summed E-state index contributed by atoms with van der Waals surface area (Å²) in [6.07, 6.45) is 5.58. The van der Waals surface area contributed by atoms with E-state index in [-0.39, 0.29) is 94.1 Å². The molecule has 1 aliphatic carbocycles. The third-order valence-corrected chi connectivity index (χ3v) is 32.7. The van der Waals surface area contributed by atoms with Crippen LogP contribution < -0.4 is 44.1 Å². The van der Waals surface area contributed by atoms with Gasteiger partial charge in [-0.25, -0.2) is 9.98 Å². The van der Waals surface area contributed by atoms with Gasteiger partial charge in [0.05, 0.1) is 180 Å². The van der Waals surface area contributed by atoms with E-state index in [1.807, 2.05) is 13.8 Å². The molecule has 0 amide bonds. The Labute approximate surface area is 807 Å². The number of aromatic nitrogens is 4. The summed E-state index contributed by atoms with van der Waals surface area (Å²) < 4.78 is 90.0. The monoisotopic (exact) mass is 1940 g/mol. The minimum atomic E-state index is -0.911. The van der Waals surface area contributed by atoms with Crippen molar-refractivity contribution in [1.82, 2.24) is 14.5 Å². The van der Waals surface area contributed by atoms with Crippen molar-refractivity contribution in [1.29, 1.82) is 0 Å². The van der Waals surface area contributed by atoms with E-state index in [0.717, 1.165) is 72.4 Å². The van der Waals surface area contributed by atoms with Crippen LogP contribution >= 0.6 is 93.5 Å². The summed E-state index contributed by atoms with van der Waals surface area (Å²) in [5.74, 6) is 9.12. The third-order valence-electron chi connectivity index (χ3n) is 26.2. The number of ether oxygens (including phenoxy) is 8. The van der Waals surface area contributed by atoms with E-state index in [0.29, 0.717) is 265 Å². The van der Waals surface area contributed by atoms with Gasteiger partial charge in [-0.3, -0.25) is 0 Å². The molecular weight excluding hydrogens is 1790 g/mol. The third kappa shape index (κ3) is 25.3. The first kappa shape index (κ1) is 106. The van der Waals surface area contributed by atoms with Crippen molar-refractivity contribution in [3.8, 4) is 40.3 Å². The van der Waals surface area contributed by atoms with Crippen molar-refractivity contribution in [3.05, 3.63) is 48.7 Å². The van der Waals surface area contributed by atoms with Crippen LogP contribution in [-0.2, 0) is 9.47 Å². The van der Waals surface area contributed by atoms with Crippen molar-refractivity contribution < 1.29 is 69.9 Å². The number of nitrogens with zero attached hydrogens (tertiary/aromatic N) is 11. The lowest BCUT2D eigenvalue weighted by Crippen LogP contribution is -2.45. The maximum Gasteiger partial charge on any atom is 0.287 e. The van der Waals surface area contributed by atoms with Crippen LogP contribution in [0.1, 0.15) is 218 Å². The molecule has 4 aliphatic heterocycles. The average molecular weight is 1950 g/mol. The van der Waals surface area contributed by atoms with Gasteiger partial charge >= 0.3 is 0 Å². The summed E-state index contributed by atoms with van der Waals surface area (Å²) in [6, 6.07) is 0. The first-order valence-electron chi connectivity index (χ1n) is 48.4. The molecule has 0 spiro atoms. The number of benzene rings is 3. The molecule has 720 valence electrons. The van der Waals surface area contributed by atoms with Gasteiger partial charge in [0.2, 0.25) is 11.3 Å². The molecule has 2 atom stereocenters. The molecule has 6 bridgehead atoms. The number of fused-ring (bicyclic) bond motifs is 15. The fourth-order valence-corrected chi connectivity index (χ4v) is 22.2. The van der Waals surface area contributed by atoms with E-state index in [1.165, 1.54) is 0 Å². The maximum atomic E-state index is 17.0. The van der Waals surface area contributed by atoms with Gasteiger partial charge in [-0.1, -0.05) is 151 Å². The van der Waals surface area contributed by atoms with Gasteiger partial charge in [0.1, 0.15) is 90.5 Å². The second kappa shape index (κ2) is 47.7. The highest BCUT2D eigenvalue weighted by molar-refractivity contribution is 8.00. The van der Waals surface area contributed by atoms with Crippen LogP contribution in [0.3, 0.4) is 0 Å². The number of hydrogen-bond donors (Lipinski definition) is 1. The Morgan fingerprint density at radius 1 is 0.403 bits per heavy atom. The van der Waals surface area contributed by atoms with Gasteiger partial charge in [0, 0.05) is 23.0 Å². The zero-order valence-corrected chi connectivity index (χ0v) is 89.3. The molecule has 30 heteroatoms. The van der Waals surface area contributed by atoms with Crippen molar-refractivity contribution in [2.45, 2.75) is 243 Å². The van der Waals surface area contributed by atoms with Gasteiger partial charge in [0.15, 0.2) is 28.9 Å². The van der Waals surface area contributed by atoms with Crippen molar-refractivity contribution in [3.63, 3.8) is 0 Å². The molecule has 5 aromatic rings. The molecule has 129 heavy (non-hydrogen) atoms. The fraction of sp³-hybridized carbons (Fsp3) is 0.697. The molecule has 5 aliphatic rings. The first-order chi connectivity index (χ1) is 61.3. The summed E-state index contributed by atoms with van der Waals surface area (Å²) in [5, 5.41) is 2.55. The van der Waals surface area contributed by atoms with Gasteiger partial charge < -0.3 is 56.3 Å². The zero-order chi connectivity index (χ0) is 94.3. The highest BCUT2D eigenvalue weighted by atomic mass is 35.5. The van der Waals surface area contributed by atoms with E-state index >= 15 is 4.48 Å². The van der Waals surface area contributed by atoms with Gasteiger partial charge in [-0.15, -0.1) is 68.3 Å². The number of quaternary nitrogens is 4. The highest BCUT2D eigenvalue weighted by Gasteiger charge is 2.49. The van der Waals surface area contributed by atoms with Crippen LogP contribution in [-0.4, -0.2) is 231 Å². The molecular formula is C99H156Cl4FN12O9S4+5. The number of allylic oxidation sites excluding steroid dienone is 1. The first-order valence-corrected chi connectivity index (χ1v) is 53.9. The molecule has 10 rings (SSSR count). The Bertz CT molecular complexity index is 5180. The smallest absolute Gasteiger partial charge is 0.287 e. The quantitative estimate of drug-likeness (QED) is 0.0125. The predicted molar refractivity (Wildman–Crippen MR) is 541 cm³/mol. The highest BCUT2D eigenvalue weighted by Crippen LogP contribution is 2.58. The largest absolute Gasteiger partial charge is 0.496 e. The lowest BCUT2D eigenvalue weighted by Gasteiger charge is -2.33. The number of thioether (sulfide) groups is 4.